The molecule has 0 aromatic heterocycles. The Morgan fingerprint density at radius 3 is 2.53 bits per heavy atom. The lowest BCUT2D eigenvalue weighted by molar-refractivity contribution is 0.262. The fourth-order valence-corrected chi connectivity index (χ4v) is 2.56. The molecule has 2 aromatic rings. The highest BCUT2D eigenvalue weighted by atomic mass is 79.9. The predicted octanol–water partition coefficient (Wildman–Crippen LogP) is 5.16. The van der Waals surface area contributed by atoms with Crippen molar-refractivity contribution in [1.82, 2.24) is 0 Å². The van der Waals surface area contributed by atoms with Crippen LogP contribution >= 0.6 is 31.9 Å². The van der Waals surface area contributed by atoms with Gasteiger partial charge >= 0.3 is 6.03 Å². The van der Waals surface area contributed by atoms with Gasteiger partial charge in [0.05, 0.1) is 5.69 Å². The third-order valence-electron chi connectivity index (χ3n) is 2.46. The van der Waals surface area contributed by atoms with Crippen LogP contribution in [0.15, 0.2) is 51.4 Å². The molecule has 0 atom stereocenters. The largest absolute Gasteiger partial charge is 0.323 e. The Labute approximate surface area is 128 Å². The van der Waals surface area contributed by atoms with E-state index in [-0.39, 0.29) is 6.03 Å². The van der Waals surface area contributed by atoms with Crippen molar-refractivity contribution < 1.29 is 4.79 Å². The van der Waals surface area contributed by atoms with Gasteiger partial charge < -0.3 is 10.6 Å². The first-order valence-corrected chi connectivity index (χ1v) is 7.23. The van der Waals surface area contributed by atoms with Crippen molar-refractivity contribution in [3.05, 3.63) is 57.0 Å². The average Bonchev–Trinajstić information content (AvgIpc) is 2.33. The second kappa shape index (κ2) is 6.21. The van der Waals surface area contributed by atoms with Gasteiger partial charge in [-0.1, -0.05) is 28.1 Å². The third-order valence-corrected chi connectivity index (χ3v) is 3.60. The van der Waals surface area contributed by atoms with Gasteiger partial charge in [-0.25, -0.2) is 4.79 Å². The van der Waals surface area contributed by atoms with Gasteiger partial charge in [0.2, 0.25) is 0 Å². The molecule has 19 heavy (non-hydrogen) atoms. The molecule has 0 heterocycles. The molecule has 2 aromatic carbocycles. The number of amides is 2. The molecule has 0 aliphatic rings. The number of benzene rings is 2. The Kier molecular flexibility index (Phi) is 4.61. The van der Waals surface area contributed by atoms with Crippen LogP contribution in [0.2, 0.25) is 0 Å². The van der Waals surface area contributed by atoms with Crippen molar-refractivity contribution in [3.63, 3.8) is 0 Å². The zero-order valence-corrected chi connectivity index (χ0v) is 13.4. The smallest absolute Gasteiger partial charge is 0.308 e. The molecule has 2 rings (SSSR count). The SMILES string of the molecule is Cc1ccc(NC(=O)Nc2cccc(Br)c2)c(Br)c1. The number of anilines is 2. The lowest BCUT2D eigenvalue weighted by Gasteiger charge is -2.10. The molecule has 0 spiro atoms. The Morgan fingerprint density at radius 2 is 1.84 bits per heavy atom. The van der Waals surface area contributed by atoms with Crippen LogP contribution in [0.3, 0.4) is 0 Å². The van der Waals surface area contributed by atoms with Crippen LogP contribution in [0, 0.1) is 6.92 Å². The summed E-state index contributed by atoms with van der Waals surface area (Å²) >= 11 is 6.78. The first-order valence-electron chi connectivity index (χ1n) is 5.64. The van der Waals surface area contributed by atoms with Crippen LogP contribution in [0.4, 0.5) is 16.2 Å². The van der Waals surface area contributed by atoms with Gasteiger partial charge in [-0.2, -0.15) is 0 Å². The monoisotopic (exact) mass is 382 g/mol. The Bertz CT molecular complexity index is 614. The van der Waals surface area contributed by atoms with Crippen molar-refractivity contribution in [2.24, 2.45) is 0 Å². The highest BCUT2D eigenvalue weighted by Crippen LogP contribution is 2.23. The minimum atomic E-state index is -0.275. The second-order valence-electron chi connectivity index (χ2n) is 4.07. The Morgan fingerprint density at radius 1 is 1.05 bits per heavy atom. The zero-order valence-electron chi connectivity index (χ0n) is 10.2. The molecular formula is C14H12Br2N2O. The molecule has 0 aliphatic carbocycles. The molecule has 0 saturated carbocycles. The molecule has 0 radical (unpaired) electrons. The van der Waals surface area contributed by atoms with E-state index in [9.17, 15) is 4.79 Å². The summed E-state index contributed by atoms with van der Waals surface area (Å²) < 4.78 is 1.78. The van der Waals surface area contributed by atoms with E-state index in [1.54, 1.807) is 0 Å². The molecule has 0 bridgehead atoms. The molecule has 0 saturated heterocycles. The zero-order chi connectivity index (χ0) is 13.8. The van der Waals surface area contributed by atoms with Crippen molar-refractivity contribution in [3.8, 4) is 0 Å². The molecule has 2 amide bonds. The number of rotatable bonds is 2. The number of urea groups is 1. The van der Waals surface area contributed by atoms with Gasteiger partial charge in [-0.05, 0) is 58.7 Å². The molecule has 0 aliphatic heterocycles. The van der Waals surface area contributed by atoms with Gasteiger partial charge in [0.15, 0.2) is 0 Å². The van der Waals surface area contributed by atoms with E-state index in [1.807, 2.05) is 49.4 Å². The van der Waals surface area contributed by atoms with Crippen LogP contribution in [0.25, 0.3) is 0 Å². The van der Waals surface area contributed by atoms with Crippen LogP contribution in [-0.2, 0) is 0 Å². The predicted molar refractivity (Wildman–Crippen MR) is 85.7 cm³/mol. The van der Waals surface area contributed by atoms with Gasteiger partial charge in [0, 0.05) is 14.6 Å². The lowest BCUT2D eigenvalue weighted by atomic mass is 10.2. The van der Waals surface area contributed by atoms with Gasteiger partial charge in [-0.3, -0.25) is 0 Å². The second-order valence-corrected chi connectivity index (χ2v) is 5.84. The third kappa shape index (κ3) is 4.08. The highest BCUT2D eigenvalue weighted by Gasteiger charge is 2.05. The average molecular weight is 384 g/mol. The quantitative estimate of drug-likeness (QED) is 0.738. The van der Waals surface area contributed by atoms with Crippen molar-refractivity contribution in [1.29, 1.82) is 0 Å². The summed E-state index contributed by atoms with van der Waals surface area (Å²) in [4.78, 5) is 11.9. The summed E-state index contributed by atoms with van der Waals surface area (Å²) in [6.45, 7) is 2.00. The number of halogens is 2. The fraction of sp³-hybridized carbons (Fsp3) is 0.0714. The maximum Gasteiger partial charge on any atom is 0.323 e. The fourth-order valence-electron chi connectivity index (χ4n) is 1.57. The molecule has 5 heteroatoms. The van der Waals surface area contributed by atoms with Crippen LogP contribution < -0.4 is 10.6 Å². The van der Waals surface area contributed by atoms with E-state index in [0.717, 1.165) is 25.9 Å². The van der Waals surface area contributed by atoms with Crippen LogP contribution in [0.5, 0.6) is 0 Å². The summed E-state index contributed by atoms with van der Waals surface area (Å²) in [6, 6.07) is 12.9. The Hall–Kier alpha value is -1.33. The minimum Gasteiger partial charge on any atom is -0.308 e. The van der Waals surface area contributed by atoms with E-state index >= 15 is 0 Å². The summed E-state index contributed by atoms with van der Waals surface area (Å²) in [5.74, 6) is 0. The van der Waals surface area contributed by atoms with E-state index in [1.165, 1.54) is 0 Å². The maximum absolute atomic E-state index is 11.9. The van der Waals surface area contributed by atoms with Crippen molar-refractivity contribution in [2.45, 2.75) is 6.92 Å². The molecule has 0 fully saturated rings. The molecule has 3 nitrogen and oxygen atoms in total. The number of aryl methyl sites for hydroxylation is 1. The van der Waals surface area contributed by atoms with Crippen molar-refractivity contribution >= 4 is 49.3 Å². The van der Waals surface area contributed by atoms with E-state index in [2.05, 4.69) is 42.5 Å². The lowest BCUT2D eigenvalue weighted by Crippen LogP contribution is -2.19. The minimum absolute atomic E-state index is 0.275. The highest BCUT2D eigenvalue weighted by molar-refractivity contribution is 9.10. The summed E-state index contributed by atoms with van der Waals surface area (Å²) in [5.41, 5.74) is 2.60. The maximum atomic E-state index is 11.9. The van der Waals surface area contributed by atoms with Gasteiger partial charge in [0.25, 0.3) is 0 Å². The number of carbonyl (C=O) groups excluding carboxylic acids is 1. The Balaban J connectivity index is 2.05. The van der Waals surface area contributed by atoms with Crippen LogP contribution in [-0.4, -0.2) is 6.03 Å². The summed E-state index contributed by atoms with van der Waals surface area (Å²) in [7, 11) is 0. The summed E-state index contributed by atoms with van der Waals surface area (Å²) in [5, 5.41) is 5.57. The van der Waals surface area contributed by atoms with E-state index in [0.29, 0.717) is 0 Å². The standard InChI is InChI=1S/C14H12Br2N2O/c1-9-5-6-13(12(16)7-9)18-14(19)17-11-4-2-3-10(15)8-11/h2-8H,1H3,(H2,17,18,19). The molecule has 2 N–H and O–H groups in total. The summed E-state index contributed by atoms with van der Waals surface area (Å²) in [6.07, 6.45) is 0. The normalized spacial score (nSPS) is 10.1. The number of hydrogen-bond donors (Lipinski definition) is 2. The topological polar surface area (TPSA) is 41.1 Å². The van der Waals surface area contributed by atoms with Crippen LogP contribution in [0.1, 0.15) is 5.56 Å². The van der Waals surface area contributed by atoms with Crippen molar-refractivity contribution in [2.75, 3.05) is 10.6 Å². The molecule has 0 unspecified atom stereocenters. The first kappa shape index (κ1) is 14.1. The molecular weight excluding hydrogens is 372 g/mol. The van der Waals surface area contributed by atoms with E-state index < -0.39 is 0 Å². The number of carbonyl (C=O) groups is 1. The van der Waals surface area contributed by atoms with Gasteiger partial charge in [-0.15, -0.1) is 0 Å². The molecule has 98 valence electrons. The number of hydrogen-bond acceptors (Lipinski definition) is 1. The van der Waals surface area contributed by atoms with Gasteiger partial charge in [0.1, 0.15) is 0 Å². The van der Waals surface area contributed by atoms with E-state index in [4.69, 9.17) is 0 Å². The number of nitrogens with one attached hydrogen (secondary N) is 2. The first-order chi connectivity index (χ1) is 9.04.